The van der Waals surface area contributed by atoms with Gasteiger partial charge in [-0.25, -0.2) is 0 Å². The van der Waals surface area contributed by atoms with Crippen molar-refractivity contribution < 1.29 is 4.79 Å². The normalized spacial score (nSPS) is 15.8. The van der Waals surface area contributed by atoms with Crippen LogP contribution in [0.15, 0.2) is 41.5 Å². The highest BCUT2D eigenvalue weighted by molar-refractivity contribution is 6.30. The summed E-state index contributed by atoms with van der Waals surface area (Å²) in [6, 6.07) is 7.59. The number of hydrogen-bond donors (Lipinski definition) is 3. The number of carbonyl (C=O) groups excluding carboxylic acids is 1. The van der Waals surface area contributed by atoms with Crippen LogP contribution in [0.3, 0.4) is 0 Å². The molecular weight excluding hydrogens is 338 g/mol. The maximum absolute atomic E-state index is 12.9. The Balaban J connectivity index is 1.73. The second-order valence-corrected chi connectivity index (χ2v) is 7.09. The van der Waals surface area contributed by atoms with Crippen LogP contribution in [-0.4, -0.2) is 15.9 Å². The number of carbonyl (C=O) groups is 1. The lowest BCUT2D eigenvalue weighted by atomic mass is 9.71. The van der Waals surface area contributed by atoms with Crippen molar-refractivity contribution in [3.8, 4) is 0 Å². The van der Waals surface area contributed by atoms with Gasteiger partial charge >= 0.3 is 0 Å². The Morgan fingerprint density at radius 3 is 2.72 bits per heavy atom. The summed E-state index contributed by atoms with van der Waals surface area (Å²) in [5.41, 5.74) is 2.28. The fourth-order valence-electron chi connectivity index (χ4n) is 3.55. The predicted molar refractivity (Wildman–Crippen MR) is 98.1 cm³/mol. The minimum absolute atomic E-state index is 0.248. The number of rotatable bonds is 3. The Labute approximate surface area is 149 Å². The van der Waals surface area contributed by atoms with E-state index in [1.807, 2.05) is 31.2 Å². The first-order chi connectivity index (χ1) is 12.0. The Bertz CT molecular complexity index is 1030. The molecule has 1 aliphatic carbocycles. The lowest BCUT2D eigenvalue weighted by Crippen LogP contribution is -2.50. The first kappa shape index (κ1) is 16.0. The monoisotopic (exact) mass is 355 g/mol. The Morgan fingerprint density at radius 1 is 1.24 bits per heavy atom. The molecule has 1 aliphatic rings. The van der Waals surface area contributed by atoms with Gasteiger partial charge in [0.15, 0.2) is 0 Å². The number of nitrogens with one attached hydrogen (secondary N) is 3. The molecule has 0 aliphatic heterocycles. The minimum Gasteiger partial charge on any atom is -0.360 e. The van der Waals surface area contributed by atoms with E-state index in [4.69, 9.17) is 11.6 Å². The SMILES string of the molecule is Cc1c[nH]c(=O)c2c(C(=O)NC3(c4cccc(Cl)c4)CCC3)c[nH]c12. The molecule has 2 aromatic heterocycles. The molecular formula is C19H18ClN3O2. The van der Waals surface area contributed by atoms with E-state index in [1.165, 1.54) is 0 Å². The molecule has 3 N–H and O–H groups in total. The van der Waals surface area contributed by atoms with E-state index in [9.17, 15) is 9.59 Å². The average molecular weight is 356 g/mol. The van der Waals surface area contributed by atoms with Crippen LogP contribution in [0.2, 0.25) is 5.02 Å². The molecule has 25 heavy (non-hydrogen) atoms. The van der Waals surface area contributed by atoms with E-state index >= 15 is 0 Å². The fraction of sp³-hybridized carbons (Fsp3) is 0.263. The molecule has 128 valence electrons. The summed E-state index contributed by atoms with van der Waals surface area (Å²) in [7, 11) is 0. The predicted octanol–water partition coefficient (Wildman–Crippen LogP) is 3.63. The molecule has 2 heterocycles. The highest BCUT2D eigenvalue weighted by Gasteiger charge is 2.40. The summed E-state index contributed by atoms with van der Waals surface area (Å²) in [6.45, 7) is 1.88. The zero-order chi connectivity index (χ0) is 17.6. The summed E-state index contributed by atoms with van der Waals surface area (Å²) in [6.07, 6.45) is 6.00. The molecule has 4 rings (SSSR count). The molecule has 0 radical (unpaired) electrons. The largest absolute Gasteiger partial charge is 0.360 e. The molecule has 0 unspecified atom stereocenters. The van der Waals surface area contributed by atoms with Gasteiger partial charge in [0, 0.05) is 17.4 Å². The number of aromatic amines is 2. The van der Waals surface area contributed by atoms with Crippen LogP contribution in [0.25, 0.3) is 10.9 Å². The van der Waals surface area contributed by atoms with Crippen LogP contribution in [0.4, 0.5) is 0 Å². The van der Waals surface area contributed by atoms with E-state index in [2.05, 4.69) is 15.3 Å². The van der Waals surface area contributed by atoms with Crippen LogP contribution in [0.1, 0.15) is 40.7 Å². The minimum atomic E-state index is -0.415. The van der Waals surface area contributed by atoms with Gasteiger partial charge in [-0.2, -0.15) is 0 Å². The van der Waals surface area contributed by atoms with Gasteiger partial charge in [0.05, 0.1) is 22.0 Å². The van der Waals surface area contributed by atoms with Gasteiger partial charge in [-0.05, 0) is 49.4 Å². The molecule has 1 aromatic carbocycles. The van der Waals surface area contributed by atoms with Gasteiger partial charge in [-0.15, -0.1) is 0 Å². The quantitative estimate of drug-likeness (QED) is 0.671. The maximum atomic E-state index is 12.9. The number of aromatic nitrogens is 2. The third-order valence-electron chi connectivity index (χ3n) is 5.10. The van der Waals surface area contributed by atoms with Crippen molar-refractivity contribution in [2.45, 2.75) is 31.7 Å². The molecule has 1 saturated carbocycles. The van der Waals surface area contributed by atoms with Crippen LogP contribution >= 0.6 is 11.6 Å². The molecule has 1 amide bonds. The van der Waals surface area contributed by atoms with Crippen molar-refractivity contribution >= 4 is 28.4 Å². The topological polar surface area (TPSA) is 77.8 Å². The van der Waals surface area contributed by atoms with E-state index in [0.717, 1.165) is 30.4 Å². The number of H-pyrrole nitrogens is 2. The number of pyridine rings is 1. The number of fused-ring (bicyclic) bond motifs is 1. The molecule has 0 bridgehead atoms. The second-order valence-electron chi connectivity index (χ2n) is 6.65. The standard InChI is InChI=1S/C19H18ClN3O2/c1-11-9-22-18(25)15-14(10-21-16(11)15)17(24)23-19(6-3-7-19)12-4-2-5-13(20)8-12/h2,4-5,8-10,21H,3,6-7H2,1H3,(H,22,25)(H,23,24). The van der Waals surface area contributed by atoms with E-state index in [-0.39, 0.29) is 11.5 Å². The van der Waals surface area contributed by atoms with Gasteiger partial charge in [-0.3, -0.25) is 9.59 Å². The molecule has 1 fully saturated rings. The molecule has 0 spiro atoms. The summed E-state index contributed by atoms with van der Waals surface area (Å²) in [5.74, 6) is -0.248. The van der Waals surface area contributed by atoms with Crippen molar-refractivity contribution in [2.24, 2.45) is 0 Å². The Hall–Kier alpha value is -2.53. The summed E-state index contributed by atoms with van der Waals surface area (Å²) >= 11 is 6.12. The average Bonchev–Trinajstić information content (AvgIpc) is 3.01. The maximum Gasteiger partial charge on any atom is 0.258 e. The molecule has 5 nitrogen and oxygen atoms in total. The Morgan fingerprint density at radius 2 is 2.04 bits per heavy atom. The van der Waals surface area contributed by atoms with Gasteiger partial charge in [0.2, 0.25) is 0 Å². The van der Waals surface area contributed by atoms with Crippen LogP contribution in [0.5, 0.6) is 0 Å². The first-order valence-corrected chi connectivity index (χ1v) is 8.66. The van der Waals surface area contributed by atoms with E-state index < -0.39 is 5.54 Å². The van der Waals surface area contributed by atoms with Crippen molar-refractivity contribution in [1.82, 2.24) is 15.3 Å². The first-order valence-electron chi connectivity index (χ1n) is 8.28. The van der Waals surface area contributed by atoms with Crippen molar-refractivity contribution in [1.29, 1.82) is 0 Å². The number of benzene rings is 1. The third-order valence-corrected chi connectivity index (χ3v) is 5.34. The summed E-state index contributed by atoms with van der Waals surface area (Å²) in [5, 5.41) is 4.20. The smallest absolute Gasteiger partial charge is 0.258 e. The zero-order valence-electron chi connectivity index (χ0n) is 13.8. The molecule has 3 aromatic rings. The lowest BCUT2D eigenvalue weighted by molar-refractivity contribution is 0.0825. The Kier molecular flexibility index (Phi) is 3.69. The third kappa shape index (κ3) is 2.55. The molecule has 0 atom stereocenters. The molecule has 6 heteroatoms. The second kappa shape index (κ2) is 5.77. The van der Waals surface area contributed by atoms with Crippen molar-refractivity contribution in [2.75, 3.05) is 0 Å². The van der Waals surface area contributed by atoms with Crippen LogP contribution in [0, 0.1) is 6.92 Å². The van der Waals surface area contributed by atoms with Gasteiger partial charge < -0.3 is 15.3 Å². The fourth-order valence-corrected chi connectivity index (χ4v) is 3.74. The van der Waals surface area contributed by atoms with E-state index in [0.29, 0.717) is 21.5 Å². The zero-order valence-corrected chi connectivity index (χ0v) is 14.5. The van der Waals surface area contributed by atoms with Crippen molar-refractivity contribution in [3.05, 3.63) is 68.7 Å². The highest BCUT2D eigenvalue weighted by Crippen LogP contribution is 2.42. The number of halogens is 1. The molecule has 0 saturated heterocycles. The van der Waals surface area contributed by atoms with E-state index in [1.54, 1.807) is 12.4 Å². The van der Waals surface area contributed by atoms with Crippen LogP contribution < -0.4 is 10.9 Å². The lowest BCUT2D eigenvalue weighted by Gasteiger charge is -2.43. The number of hydrogen-bond acceptors (Lipinski definition) is 2. The van der Waals surface area contributed by atoms with Crippen molar-refractivity contribution in [3.63, 3.8) is 0 Å². The summed E-state index contributed by atoms with van der Waals surface area (Å²) in [4.78, 5) is 30.9. The number of amides is 1. The highest BCUT2D eigenvalue weighted by atomic mass is 35.5. The number of aryl methyl sites for hydroxylation is 1. The van der Waals surface area contributed by atoms with Gasteiger partial charge in [-0.1, -0.05) is 23.7 Å². The van der Waals surface area contributed by atoms with Crippen LogP contribution in [-0.2, 0) is 5.54 Å². The summed E-state index contributed by atoms with van der Waals surface area (Å²) < 4.78 is 0. The van der Waals surface area contributed by atoms with Gasteiger partial charge in [0.1, 0.15) is 0 Å². The van der Waals surface area contributed by atoms with Gasteiger partial charge in [0.25, 0.3) is 11.5 Å².